The number of fused-ring (bicyclic) bond motifs is 4. The van der Waals surface area contributed by atoms with Gasteiger partial charge in [0.2, 0.25) is 0 Å². The average Bonchev–Trinajstić information content (AvgIpc) is 2.98. The van der Waals surface area contributed by atoms with E-state index in [0.717, 1.165) is 43.2 Å². The molecule has 0 radical (unpaired) electrons. The van der Waals surface area contributed by atoms with Crippen LogP contribution in [0.25, 0.3) is 11.3 Å². The molecule has 4 rings (SSSR count). The Kier molecular flexibility index (Phi) is 2.98. The Morgan fingerprint density at radius 2 is 2.10 bits per heavy atom. The largest absolute Gasteiger partial charge is 0.361 e. The van der Waals surface area contributed by atoms with E-state index in [1.807, 2.05) is 18.3 Å². The van der Waals surface area contributed by atoms with Gasteiger partial charge in [0.25, 0.3) is 0 Å². The molecule has 1 aromatic carbocycles. The molecule has 2 aliphatic heterocycles. The number of benzene rings is 1. The summed E-state index contributed by atoms with van der Waals surface area (Å²) in [5.41, 5.74) is 3.38. The van der Waals surface area contributed by atoms with Crippen molar-refractivity contribution in [1.29, 1.82) is 0 Å². The second-order valence-electron chi connectivity index (χ2n) is 5.91. The lowest BCUT2D eigenvalue weighted by molar-refractivity contribution is 0.125. The molecule has 2 aliphatic rings. The summed E-state index contributed by atoms with van der Waals surface area (Å²) in [5.74, 6) is 0. The molecule has 1 aromatic heterocycles. The fraction of sp³-hybridized carbons (Fsp3) is 0.438. The maximum Gasteiger partial charge on any atom is 0.134 e. The Bertz CT molecular complexity index is 671. The zero-order valence-corrected chi connectivity index (χ0v) is 12.9. The van der Waals surface area contributed by atoms with E-state index in [1.165, 1.54) is 11.3 Å². The fourth-order valence-corrected chi connectivity index (χ4v) is 3.74. The first-order chi connectivity index (χ1) is 10.2. The van der Waals surface area contributed by atoms with Crippen molar-refractivity contribution in [3.8, 4) is 11.3 Å². The third-order valence-electron chi connectivity index (χ3n) is 4.80. The first kappa shape index (κ1) is 13.2. The van der Waals surface area contributed by atoms with Crippen molar-refractivity contribution in [2.24, 2.45) is 0 Å². The van der Waals surface area contributed by atoms with Gasteiger partial charge in [-0.1, -0.05) is 18.5 Å². The molecule has 0 saturated carbocycles. The molecule has 0 bridgehead atoms. The summed E-state index contributed by atoms with van der Waals surface area (Å²) in [6.45, 7) is 5.53. The van der Waals surface area contributed by atoms with Crippen LogP contribution in [0.3, 0.4) is 0 Å². The van der Waals surface area contributed by atoms with Crippen molar-refractivity contribution in [1.82, 2.24) is 14.7 Å². The molecule has 5 heteroatoms. The Labute approximate surface area is 129 Å². The van der Waals surface area contributed by atoms with Gasteiger partial charge in [-0.25, -0.2) is 4.68 Å². The third kappa shape index (κ3) is 1.97. The number of hydrogen-bond acceptors (Lipinski definition) is 3. The highest BCUT2D eigenvalue weighted by Gasteiger charge is 2.41. The van der Waals surface area contributed by atoms with Crippen LogP contribution in [0.4, 0.5) is 5.69 Å². The smallest absolute Gasteiger partial charge is 0.134 e. The van der Waals surface area contributed by atoms with Gasteiger partial charge < -0.3 is 10.2 Å². The van der Waals surface area contributed by atoms with Crippen molar-refractivity contribution in [2.75, 3.05) is 25.0 Å². The second-order valence-corrected chi connectivity index (χ2v) is 6.35. The van der Waals surface area contributed by atoms with Crippen LogP contribution in [0, 0.1) is 0 Å². The Balaban J connectivity index is 1.79. The maximum absolute atomic E-state index is 6.18. The van der Waals surface area contributed by atoms with Crippen molar-refractivity contribution in [3.63, 3.8) is 0 Å². The van der Waals surface area contributed by atoms with Gasteiger partial charge in [-0.3, -0.25) is 0 Å². The van der Waals surface area contributed by atoms with Crippen LogP contribution < -0.4 is 5.32 Å². The van der Waals surface area contributed by atoms with Crippen molar-refractivity contribution >= 4 is 17.3 Å². The standard InChI is InChI=1S/C16H19ClN4/c1-2-20-9-6-16(7-10-20)19-14-11-12(17)3-4-13(14)15-5-8-18-21(15)16/h3-5,8,11,19H,2,6-7,9-10H2,1H3. The molecule has 1 N–H and O–H groups in total. The molecule has 1 saturated heterocycles. The van der Waals surface area contributed by atoms with Crippen LogP contribution in [-0.2, 0) is 5.66 Å². The highest BCUT2D eigenvalue weighted by molar-refractivity contribution is 6.31. The zero-order chi connectivity index (χ0) is 14.4. The average molecular weight is 303 g/mol. The topological polar surface area (TPSA) is 33.1 Å². The van der Waals surface area contributed by atoms with E-state index in [4.69, 9.17) is 11.6 Å². The molecule has 110 valence electrons. The SMILES string of the molecule is CCN1CCC2(CC1)Nc1cc(Cl)ccc1-c1ccnn12. The maximum atomic E-state index is 6.18. The molecule has 0 aliphatic carbocycles. The number of hydrogen-bond donors (Lipinski definition) is 1. The van der Waals surface area contributed by atoms with E-state index in [9.17, 15) is 0 Å². The first-order valence-corrected chi connectivity index (χ1v) is 7.95. The third-order valence-corrected chi connectivity index (χ3v) is 5.04. The summed E-state index contributed by atoms with van der Waals surface area (Å²) < 4.78 is 2.18. The van der Waals surface area contributed by atoms with Gasteiger partial charge in [0.05, 0.1) is 5.69 Å². The highest BCUT2D eigenvalue weighted by Crippen LogP contribution is 2.43. The Morgan fingerprint density at radius 3 is 2.86 bits per heavy atom. The van der Waals surface area contributed by atoms with E-state index in [2.05, 4.69) is 39.1 Å². The van der Waals surface area contributed by atoms with Gasteiger partial charge >= 0.3 is 0 Å². The molecule has 0 atom stereocenters. The summed E-state index contributed by atoms with van der Waals surface area (Å²) in [4.78, 5) is 2.49. The minimum Gasteiger partial charge on any atom is -0.361 e. The van der Waals surface area contributed by atoms with Gasteiger partial charge in [-0.15, -0.1) is 0 Å². The normalized spacial score (nSPS) is 19.9. The zero-order valence-electron chi connectivity index (χ0n) is 12.1. The van der Waals surface area contributed by atoms with Crippen LogP contribution in [0.5, 0.6) is 0 Å². The number of nitrogens with zero attached hydrogens (tertiary/aromatic N) is 3. The second kappa shape index (κ2) is 4.75. The lowest BCUT2D eigenvalue weighted by Crippen LogP contribution is -2.52. The van der Waals surface area contributed by atoms with E-state index in [1.54, 1.807) is 0 Å². The molecule has 2 aromatic rings. The molecule has 0 unspecified atom stereocenters. The van der Waals surface area contributed by atoms with Crippen LogP contribution >= 0.6 is 11.6 Å². The number of halogens is 1. The number of likely N-dealkylation sites (tertiary alicyclic amines) is 1. The highest BCUT2D eigenvalue weighted by atomic mass is 35.5. The Morgan fingerprint density at radius 1 is 1.29 bits per heavy atom. The summed E-state index contributed by atoms with van der Waals surface area (Å²) in [7, 11) is 0. The van der Waals surface area contributed by atoms with Crippen LogP contribution in [0.15, 0.2) is 30.5 Å². The monoisotopic (exact) mass is 302 g/mol. The van der Waals surface area contributed by atoms with Crippen molar-refractivity contribution < 1.29 is 0 Å². The van der Waals surface area contributed by atoms with Gasteiger partial charge in [-0.05, 0) is 30.8 Å². The summed E-state index contributed by atoms with van der Waals surface area (Å²) >= 11 is 6.18. The van der Waals surface area contributed by atoms with E-state index in [-0.39, 0.29) is 5.66 Å². The predicted molar refractivity (Wildman–Crippen MR) is 85.6 cm³/mol. The molecule has 3 heterocycles. The lowest BCUT2D eigenvalue weighted by Gasteiger charge is -2.46. The molecule has 4 nitrogen and oxygen atoms in total. The summed E-state index contributed by atoms with van der Waals surface area (Å²) in [5, 5.41) is 9.11. The van der Waals surface area contributed by atoms with Gasteiger partial charge in [0.1, 0.15) is 5.66 Å². The van der Waals surface area contributed by atoms with Crippen molar-refractivity contribution in [2.45, 2.75) is 25.4 Å². The number of anilines is 1. The molecule has 1 spiro atoms. The van der Waals surface area contributed by atoms with Crippen LogP contribution in [0.2, 0.25) is 5.02 Å². The molecular formula is C16H19ClN4. The van der Waals surface area contributed by atoms with Gasteiger partial charge in [-0.2, -0.15) is 5.10 Å². The van der Waals surface area contributed by atoms with E-state index < -0.39 is 0 Å². The minimum absolute atomic E-state index is 0.109. The molecule has 1 fully saturated rings. The molecule has 0 amide bonds. The van der Waals surface area contributed by atoms with Gasteiger partial charge in [0, 0.05) is 48.4 Å². The van der Waals surface area contributed by atoms with Gasteiger partial charge in [0.15, 0.2) is 0 Å². The lowest BCUT2D eigenvalue weighted by atomic mass is 9.92. The quantitative estimate of drug-likeness (QED) is 0.876. The minimum atomic E-state index is -0.109. The molecule has 21 heavy (non-hydrogen) atoms. The first-order valence-electron chi connectivity index (χ1n) is 7.57. The summed E-state index contributed by atoms with van der Waals surface area (Å²) in [6.07, 6.45) is 4.01. The van der Waals surface area contributed by atoms with Crippen LogP contribution in [-0.4, -0.2) is 34.3 Å². The summed E-state index contributed by atoms with van der Waals surface area (Å²) in [6, 6.07) is 8.15. The Hall–Kier alpha value is -1.52. The number of aromatic nitrogens is 2. The predicted octanol–water partition coefficient (Wildman–Crippen LogP) is 3.40. The number of piperidine rings is 1. The number of rotatable bonds is 1. The van der Waals surface area contributed by atoms with Crippen LogP contribution in [0.1, 0.15) is 19.8 Å². The number of nitrogens with one attached hydrogen (secondary N) is 1. The fourth-order valence-electron chi connectivity index (χ4n) is 3.57. The molecular weight excluding hydrogens is 284 g/mol. The van der Waals surface area contributed by atoms with E-state index >= 15 is 0 Å². The van der Waals surface area contributed by atoms with E-state index in [0.29, 0.717) is 0 Å². The van der Waals surface area contributed by atoms with Crippen molar-refractivity contribution in [3.05, 3.63) is 35.5 Å².